The van der Waals surface area contributed by atoms with E-state index in [4.69, 9.17) is 5.26 Å². The highest BCUT2D eigenvalue weighted by molar-refractivity contribution is 5.30. The molecule has 0 saturated carbocycles. The van der Waals surface area contributed by atoms with Crippen LogP contribution in [0.5, 0.6) is 0 Å². The first-order valence-corrected chi connectivity index (χ1v) is 5.20. The zero-order chi connectivity index (χ0) is 12.4. The van der Waals surface area contributed by atoms with E-state index in [1.807, 2.05) is 6.07 Å². The van der Waals surface area contributed by atoms with Crippen molar-refractivity contribution in [2.45, 2.75) is 37.9 Å². The van der Waals surface area contributed by atoms with Crippen molar-refractivity contribution < 1.29 is 10.2 Å². The van der Waals surface area contributed by atoms with Crippen molar-refractivity contribution in [3.8, 4) is 6.07 Å². The van der Waals surface area contributed by atoms with Gasteiger partial charge in [0.05, 0.1) is 11.7 Å². The fourth-order valence-corrected chi connectivity index (χ4v) is 1.52. The quantitative estimate of drug-likeness (QED) is 0.815. The van der Waals surface area contributed by atoms with Crippen LogP contribution in [0.3, 0.4) is 0 Å². The summed E-state index contributed by atoms with van der Waals surface area (Å²) in [6.45, 7) is 4.48. The molecule has 2 N–H and O–H groups in total. The van der Waals surface area contributed by atoms with Crippen molar-refractivity contribution in [2.75, 3.05) is 0 Å². The number of nitrogens with zero attached hydrogens (tertiary/aromatic N) is 1. The summed E-state index contributed by atoms with van der Waals surface area (Å²) < 4.78 is 0. The average molecular weight is 219 g/mol. The lowest BCUT2D eigenvalue weighted by Gasteiger charge is -2.39. The van der Waals surface area contributed by atoms with E-state index in [0.717, 1.165) is 0 Å². The zero-order valence-electron chi connectivity index (χ0n) is 9.81. The minimum atomic E-state index is -1.50. The van der Waals surface area contributed by atoms with E-state index in [1.165, 1.54) is 20.8 Å². The van der Waals surface area contributed by atoms with Crippen LogP contribution in [0.4, 0.5) is 0 Å². The molecule has 0 spiro atoms. The molecule has 16 heavy (non-hydrogen) atoms. The smallest absolute Gasteiger partial charge is 0.110 e. The molecule has 0 radical (unpaired) electrons. The topological polar surface area (TPSA) is 64.2 Å². The van der Waals surface area contributed by atoms with Gasteiger partial charge in [-0.2, -0.15) is 5.26 Å². The Morgan fingerprint density at radius 3 is 2.00 bits per heavy atom. The van der Waals surface area contributed by atoms with Gasteiger partial charge in [-0.1, -0.05) is 30.3 Å². The van der Waals surface area contributed by atoms with Gasteiger partial charge in [-0.25, -0.2) is 0 Å². The van der Waals surface area contributed by atoms with Crippen LogP contribution in [0.2, 0.25) is 0 Å². The van der Waals surface area contributed by atoms with Gasteiger partial charge in [-0.05, 0) is 26.3 Å². The summed E-state index contributed by atoms with van der Waals surface area (Å²) >= 11 is 0. The van der Waals surface area contributed by atoms with Crippen molar-refractivity contribution in [3.05, 3.63) is 35.9 Å². The largest absolute Gasteiger partial charge is 0.387 e. The van der Waals surface area contributed by atoms with Crippen LogP contribution >= 0.6 is 0 Å². The van der Waals surface area contributed by atoms with E-state index < -0.39 is 17.1 Å². The van der Waals surface area contributed by atoms with Crippen LogP contribution in [0.25, 0.3) is 0 Å². The van der Waals surface area contributed by atoms with E-state index >= 15 is 0 Å². The predicted molar refractivity (Wildman–Crippen MR) is 61.7 cm³/mol. The fourth-order valence-electron chi connectivity index (χ4n) is 1.52. The Kier molecular flexibility index (Phi) is 3.37. The monoisotopic (exact) mass is 219 g/mol. The molecule has 3 heteroatoms. The van der Waals surface area contributed by atoms with Gasteiger partial charge in [0.25, 0.3) is 0 Å². The molecule has 0 aliphatic carbocycles. The maximum Gasteiger partial charge on any atom is 0.110 e. The van der Waals surface area contributed by atoms with E-state index in [2.05, 4.69) is 6.07 Å². The standard InChI is InChI=1S/C13H17NO2/c1-12(2,15)13(3,16)11(9-14)10-7-5-4-6-8-10/h4-8,11,15-16H,1-3H3. The maximum absolute atomic E-state index is 10.3. The Balaban J connectivity index is 3.16. The molecule has 86 valence electrons. The van der Waals surface area contributed by atoms with Crippen LogP contribution in [0.1, 0.15) is 32.3 Å². The lowest BCUT2D eigenvalue weighted by Crippen LogP contribution is -2.51. The average Bonchev–Trinajstić information content (AvgIpc) is 2.18. The molecular weight excluding hydrogens is 202 g/mol. The highest BCUT2D eigenvalue weighted by Gasteiger charge is 2.45. The normalized spacial score (nSPS) is 17.2. The molecule has 0 heterocycles. The molecule has 3 nitrogen and oxygen atoms in total. The number of aliphatic hydroxyl groups is 2. The summed E-state index contributed by atoms with van der Waals surface area (Å²) in [5.74, 6) is -0.756. The molecule has 0 aliphatic heterocycles. The molecule has 1 rings (SSSR count). The van der Waals surface area contributed by atoms with Crippen LogP contribution in [0.15, 0.2) is 30.3 Å². The molecule has 0 aliphatic rings. The number of hydrogen-bond acceptors (Lipinski definition) is 3. The second-order valence-electron chi connectivity index (χ2n) is 4.68. The van der Waals surface area contributed by atoms with Gasteiger partial charge in [0, 0.05) is 0 Å². The van der Waals surface area contributed by atoms with Crippen molar-refractivity contribution in [1.29, 1.82) is 5.26 Å². The zero-order valence-corrected chi connectivity index (χ0v) is 9.81. The second-order valence-corrected chi connectivity index (χ2v) is 4.68. The lowest BCUT2D eigenvalue weighted by molar-refractivity contribution is -0.126. The lowest BCUT2D eigenvalue weighted by atomic mass is 9.74. The number of hydrogen-bond donors (Lipinski definition) is 2. The van der Waals surface area contributed by atoms with Gasteiger partial charge < -0.3 is 10.2 Å². The van der Waals surface area contributed by atoms with Gasteiger partial charge in [0.15, 0.2) is 0 Å². The molecule has 0 saturated heterocycles. The maximum atomic E-state index is 10.3. The second kappa shape index (κ2) is 4.25. The first kappa shape index (κ1) is 12.7. The van der Waals surface area contributed by atoms with Crippen LogP contribution < -0.4 is 0 Å². The highest BCUT2D eigenvalue weighted by atomic mass is 16.4. The minimum Gasteiger partial charge on any atom is -0.387 e. The number of nitriles is 1. The first-order valence-electron chi connectivity index (χ1n) is 5.20. The van der Waals surface area contributed by atoms with E-state index in [9.17, 15) is 10.2 Å². The van der Waals surface area contributed by atoms with Crippen LogP contribution in [0, 0.1) is 11.3 Å². The molecule has 0 bridgehead atoms. The third kappa shape index (κ3) is 2.24. The summed E-state index contributed by atoms with van der Waals surface area (Å²) in [6, 6.07) is 11.1. The predicted octanol–water partition coefficient (Wildman–Crippen LogP) is 1.82. The first-order chi connectivity index (χ1) is 7.30. The molecule has 0 amide bonds. The molecular formula is C13H17NO2. The Bertz CT molecular complexity index is 385. The summed E-state index contributed by atoms with van der Waals surface area (Å²) in [6.07, 6.45) is 0. The van der Waals surface area contributed by atoms with E-state index in [0.29, 0.717) is 5.56 Å². The SMILES string of the molecule is CC(C)(O)C(C)(O)C(C#N)c1ccccc1. The van der Waals surface area contributed by atoms with Gasteiger partial charge in [0.2, 0.25) is 0 Å². The van der Waals surface area contributed by atoms with Crippen molar-refractivity contribution >= 4 is 0 Å². The third-order valence-corrected chi connectivity index (χ3v) is 3.06. The Hall–Kier alpha value is -1.37. The third-order valence-electron chi connectivity index (χ3n) is 3.06. The Morgan fingerprint density at radius 1 is 1.12 bits per heavy atom. The van der Waals surface area contributed by atoms with Crippen LogP contribution in [-0.2, 0) is 0 Å². The van der Waals surface area contributed by atoms with Gasteiger partial charge >= 0.3 is 0 Å². The van der Waals surface area contributed by atoms with Crippen molar-refractivity contribution in [2.24, 2.45) is 0 Å². The molecule has 2 atom stereocenters. The summed E-state index contributed by atoms with van der Waals surface area (Å²) in [4.78, 5) is 0. The highest BCUT2D eigenvalue weighted by Crippen LogP contribution is 2.35. The van der Waals surface area contributed by atoms with Gasteiger partial charge in [-0.3, -0.25) is 0 Å². The molecule has 2 unspecified atom stereocenters. The van der Waals surface area contributed by atoms with E-state index in [1.54, 1.807) is 24.3 Å². The fraction of sp³-hybridized carbons (Fsp3) is 0.462. The van der Waals surface area contributed by atoms with Crippen molar-refractivity contribution in [3.63, 3.8) is 0 Å². The van der Waals surface area contributed by atoms with Crippen molar-refractivity contribution in [1.82, 2.24) is 0 Å². The minimum absolute atomic E-state index is 0.706. The summed E-state index contributed by atoms with van der Waals surface area (Å²) in [5, 5.41) is 29.4. The van der Waals surface area contributed by atoms with Gasteiger partial charge in [-0.15, -0.1) is 0 Å². The summed E-state index contributed by atoms with van der Waals surface area (Å²) in [7, 11) is 0. The Labute approximate surface area is 96.0 Å². The number of rotatable bonds is 3. The number of benzene rings is 1. The molecule has 1 aromatic carbocycles. The van der Waals surface area contributed by atoms with Crippen LogP contribution in [-0.4, -0.2) is 21.4 Å². The molecule has 0 fully saturated rings. The molecule has 1 aromatic rings. The van der Waals surface area contributed by atoms with Gasteiger partial charge in [0.1, 0.15) is 11.5 Å². The molecule has 0 aromatic heterocycles. The Morgan fingerprint density at radius 2 is 1.62 bits per heavy atom. The van der Waals surface area contributed by atoms with E-state index in [-0.39, 0.29) is 0 Å². The summed E-state index contributed by atoms with van der Waals surface area (Å²) in [5.41, 5.74) is -2.14.